The first-order valence-electron chi connectivity index (χ1n) is 6.07. The number of hydrogen-bond donors (Lipinski definition) is 1. The van der Waals surface area contributed by atoms with E-state index in [-0.39, 0.29) is 5.25 Å². The lowest BCUT2D eigenvalue weighted by Crippen LogP contribution is -2.01. The van der Waals surface area contributed by atoms with Crippen LogP contribution in [0.5, 0.6) is 0 Å². The molecule has 0 saturated heterocycles. The average Bonchev–Trinajstić information content (AvgIpc) is 3.11. The van der Waals surface area contributed by atoms with Gasteiger partial charge >= 0.3 is 0 Å². The minimum Gasteiger partial charge on any atom is -0.241 e. The molecule has 3 rings (SSSR count). The molecule has 0 aliphatic heterocycles. The van der Waals surface area contributed by atoms with Crippen LogP contribution in [0.2, 0.25) is 0 Å². The van der Waals surface area contributed by atoms with E-state index in [1.807, 2.05) is 33.9 Å². The fraction of sp³-hybridized carbons (Fsp3) is 0.143. The van der Waals surface area contributed by atoms with Crippen LogP contribution in [0.1, 0.15) is 17.7 Å². The minimum atomic E-state index is 0.157. The predicted octanol–water partition coefficient (Wildman–Crippen LogP) is 3.05. The Morgan fingerprint density at radius 1 is 0.947 bits per heavy atom. The molecule has 96 valence electrons. The molecule has 1 aromatic carbocycles. The van der Waals surface area contributed by atoms with E-state index in [9.17, 15) is 0 Å². The van der Waals surface area contributed by atoms with Crippen molar-refractivity contribution in [3.63, 3.8) is 0 Å². The molecule has 0 aliphatic rings. The van der Waals surface area contributed by atoms with E-state index in [1.165, 1.54) is 0 Å². The third-order valence-corrected chi connectivity index (χ3v) is 3.24. The second-order valence-corrected chi connectivity index (χ2v) is 5.13. The fourth-order valence-electron chi connectivity index (χ4n) is 1.97. The Kier molecular flexibility index (Phi) is 3.13. The summed E-state index contributed by atoms with van der Waals surface area (Å²) in [5.74, 6) is 0. The fourth-order valence-corrected chi connectivity index (χ4v) is 2.12. The molecule has 5 heteroatoms. The number of hydrogen-bond acceptors (Lipinski definition) is 3. The molecule has 0 N–H and O–H groups in total. The van der Waals surface area contributed by atoms with E-state index in [2.05, 4.69) is 47.9 Å². The Hall–Kier alpha value is -2.01. The van der Waals surface area contributed by atoms with Crippen LogP contribution in [0.3, 0.4) is 0 Å². The molecule has 0 fully saturated rings. The van der Waals surface area contributed by atoms with Gasteiger partial charge in [-0.15, -0.1) is 0 Å². The summed E-state index contributed by atoms with van der Waals surface area (Å²) in [7, 11) is 0. The minimum absolute atomic E-state index is 0.157. The largest absolute Gasteiger partial charge is 0.241 e. The average molecular weight is 270 g/mol. The zero-order chi connectivity index (χ0) is 13.2. The number of thiol groups is 1. The molecule has 2 aromatic heterocycles. The van der Waals surface area contributed by atoms with Gasteiger partial charge in [-0.2, -0.15) is 22.8 Å². The summed E-state index contributed by atoms with van der Waals surface area (Å²) in [4.78, 5) is 0. The van der Waals surface area contributed by atoms with Gasteiger partial charge in [0.25, 0.3) is 0 Å². The Labute approximate surface area is 117 Å². The van der Waals surface area contributed by atoms with Crippen molar-refractivity contribution in [1.29, 1.82) is 0 Å². The predicted molar refractivity (Wildman–Crippen MR) is 78.1 cm³/mol. The molecular formula is C14H14N4S. The Bertz CT molecular complexity index is 604. The van der Waals surface area contributed by atoms with Gasteiger partial charge in [-0.25, -0.2) is 9.36 Å². The van der Waals surface area contributed by atoms with Crippen LogP contribution in [-0.4, -0.2) is 19.6 Å². The maximum Gasteiger partial charge on any atom is 0.0670 e. The van der Waals surface area contributed by atoms with Crippen molar-refractivity contribution < 1.29 is 0 Å². The molecule has 0 amide bonds. The highest BCUT2D eigenvalue weighted by atomic mass is 32.1. The molecule has 0 spiro atoms. The summed E-state index contributed by atoms with van der Waals surface area (Å²) in [6, 6.07) is 10.1. The van der Waals surface area contributed by atoms with Gasteiger partial charge in [0, 0.05) is 30.0 Å². The van der Waals surface area contributed by atoms with Crippen molar-refractivity contribution >= 4 is 12.6 Å². The van der Waals surface area contributed by atoms with Crippen molar-refractivity contribution in [1.82, 2.24) is 19.6 Å². The summed E-state index contributed by atoms with van der Waals surface area (Å²) in [5.41, 5.74) is 3.16. The lowest BCUT2D eigenvalue weighted by molar-refractivity contribution is 0.850. The topological polar surface area (TPSA) is 35.6 Å². The van der Waals surface area contributed by atoms with E-state index in [0.29, 0.717) is 0 Å². The molecule has 0 bridgehead atoms. The van der Waals surface area contributed by atoms with Crippen LogP contribution in [0, 0.1) is 0 Å². The first kappa shape index (κ1) is 12.0. The maximum absolute atomic E-state index is 4.52. The zero-order valence-electron chi connectivity index (χ0n) is 10.5. The number of nitrogens with zero attached hydrogens (tertiary/aromatic N) is 4. The molecule has 0 saturated carbocycles. The van der Waals surface area contributed by atoms with Gasteiger partial charge in [0.2, 0.25) is 0 Å². The standard InChI is InChI=1S/C14H14N4S/c1-11(19)12-8-13(17-6-2-4-15-17)10-14(9-12)18-7-3-5-16-18/h2-11,19H,1H3. The second-order valence-electron chi connectivity index (χ2n) is 4.36. The van der Waals surface area contributed by atoms with Gasteiger partial charge in [-0.1, -0.05) is 0 Å². The quantitative estimate of drug-likeness (QED) is 0.742. The van der Waals surface area contributed by atoms with Crippen molar-refractivity contribution in [3.8, 4) is 11.4 Å². The first-order chi connectivity index (χ1) is 9.24. The highest BCUT2D eigenvalue weighted by Crippen LogP contribution is 2.24. The van der Waals surface area contributed by atoms with Gasteiger partial charge in [0.15, 0.2) is 0 Å². The monoisotopic (exact) mass is 270 g/mol. The molecule has 2 heterocycles. The van der Waals surface area contributed by atoms with Gasteiger partial charge in [-0.05, 0) is 42.8 Å². The van der Waals surface area contributed by atoms with E-state index < -0.39 is 0 Å². The van der Waals surface area contributed by atoms with Crippen molar-refractivity contribution in [2.45, 2.75) is 12.2 Å². The summed E-state index contributed by atoms with van der Waals surface area (Å²) >= 11 is 4.52. The Balaban J connectivity index is 2.15. The zero-order valence-corrected chi connectivity index (χ0v) is 11.4. The Morgan fingerprint density at radius 2 is 1.47 bits per heavy atom. The van der Waals surface area contributed by atoms with Gasteiger partial charge < -0.3 is 0 Å². The molecule has 0 radical (unpaired) electrons. The summed E-state index contributed by atoms with van der Waals surface area (Å²) in [5, 5.41) is 8.70. The van der Waals surface area contributed by atoms with Crippen LogP contribution in [0.4, 0.5) is 0 Å². The van der Waals surface area contributed by atoms with E-state index in [0.717, 1.165) is 16.9 Å². The lowest BCUT2D eigenvalue weighted by atomic mass is 10.1. The molecule has 1 atom stereocenters. The normalized spacial score (nSPS) is 12.5. The maximum atomic E-state index is 4.52. The first-order valence-corrected chi connectivity index (χ1v) is 6.59. The smallest absolute Gasteiger partial charge is 0.0670 e. The summed E-state index contributed by atoms with van der Waals surface area (Å²) in [6.45, 7) is 2.05. The molecule has 1 unspecified atom stereocenters. The molecular weight excluding hydrogens is 256 g/mol. The van der Waals surface area contributed by atoms with Gasteiger partial charge in [0.05, 0.1) is 11.4 Å². The highest BCUT2D eigenvalue weighted by Gasteiger charge is 2.08. The van der Waals surface area contributed by atoms with Crippen molar-refractivity contribution in [2.24, 2.45) is 0 Å². The number of benzene rings is 1. The van der Waals surface area contributed by atoms with Crippen LogP contribution >= 0.6 is 12.6 Å². The van der Waals surface area contributed by atoms with E-state index in [4.69, 9.17) is 0 Å². The van der Waals surface area contributed by atoms with E-state index >= 15 is 0 Å². The van der Waals surface area contributed by atoms with Crippen LogP contribution in [-0.2, 0) is 0 Å². The lowest BCUT2D eigenvalue weighted by Gasteiger charge is -2.12. The summed E-state index contributed by atoms with van der Waals surface area (Å²) < 4.78 is 3.68. The molecule has 19 heavy (non-hydrogen) atoms. The van der Waals surface area contributed by atoms with Crippen LogP contribution in [0.25, 0.3) is 11.4 Å². The third-order valence-electron chi connectivity index (χ3n) is 2.95. The van der Waals surface area contributed by atoms with Crippen molar-refractivity contribution in [3.05, 3.63) is 60.7 Å². The number of aromatic nitrogens is 4. The second kappa shape index (κ2) is 4.93. The Morgan fingerprint density at radius 3 is 1.84 bits per heavy atom. The van der Waals surface area contributed by atoms with Crippen molar-refractivity contribution in [2.75, 3.05) is 0 Å². The van der Waals surface area contributed by atoms with Crippen LogP contribution in [0.15, 0.2) is 55.1 Å². The molecule has 0 aliphatic carbocycles. The third kappa shape index (κ3) is 2.42. The number of rotatable bonds is 3. The van der Waals surface area contributed by atoms with Crippen LogP contribution < -0.4 is 0 Å². The highest BCUT2D eigenvalue weighted by molar-refractivity contribution is 7.80. The van der Waals surface area contributed by atoms with Gasteiger partial charge in [-0.3, -0.25) is 0 Å². The summed E-state index contributed by atoms with van der Waals surface area (Å²) in [6.07, 6.45) is 7.39. The SMILES string of the molecule is CC(S)c1cc(-n2cccn2)cc(-n2cccn2)c1. The molecule has 3 aromatic rings. The van der Waals surface area contributed by atoms with E-state index in [1.54, 1.807) is 12.4 Å². The molecule has 4 nitrogen and oxygen atoms in total. The van der Waals surface area contributed by atoms with Gasteiger partial charge in [0.1, 0.15) is 0 Å².